The maximum atomic E-state index is 10.5. The van der Waals surface area contributed by atoms with E-state index in [9.17, 15) is 4.79 Å². The minimum atomic E-state index is -0.925. The summed E-state index contributed by atoms with van der Waals surface area (Å²) in [4.78, 5) is 12.8. The standard InChI is InChI=1S/C11H20N2O2/c1-8(11(14)15)6-12-7-9(2)13(3)10-4-5-10/h9-10,12H,1,4-7H2,2-3H3,(H,14,15). The summed E-state index contributed by atoms with van der Waals surface area (Å²) in [5, 5.41) is 11.7. The van der Waals surface area contributed by atoms with Crippen molar-refractivity contribution >= 4 is 5.97 Å². The number of carboxylic acid groups (broad SMARTS) is 1. The first kappa shape index (κ1) is 12.2. The first-order chi connectivity index (χ1) is 7.02. The molecule has 1 rings (SSSR count). The normalized spacial score (nSPS) is 17.8. The average molecular weight is 212 g/mol. The van der Waals surface area contributed by atoms with Gasteiger partial charge in [-0.1, -0.05) is 6.58 Å². The van der Waals surface area contributed by atoms with Crippen LogP contribution in [-0.4, -0.2) is 48.2 Å². The topological polar surface area (TPSA) is 52.6 Å². The van der Waals surface area contributed by atoms with Crippen molar-refractivity contribution in [1.82, 2.24) is 10.2 Å². The van der Waals surface area contributed by atoms with E-state index < -0.39 is 5.97 Å². The molecule has 0 heterocycles. The van der Waals surface area contributed by atoms with Gasteiger partial charge < -0.3 is 10.4 Å². The maximum Gasteiger partial charge on any atom is 0.332 e. The van der Waals surface area contributed by atoms with Crippen LogP contribution in [-0.2, 0) is 4.79 Å². The van der Waals surface area contributed by atoms with Gasteiger partial charge in [-0.15, -0.1) is 0 Å². The fourth-order valence-corrected chi connectivity index (χ4v) is 1.49. The van der Waals surface area contributed by atoms with Gasteiger partial charge in [-0.05, 0) is 26.8 Å². The van der Waals surface area contributed by atoms with Gasteiger partial charge >= 0.3 is 5.97 Å². The molecule has 0 bridgehead atoms. The zero-order valence-corrected chi connectivity index (χ0v) is 9.49. The van der Waals surface area contributed by atoms with Crippen LogP contribution in [0.5, 0.6) is 0 Å². The second kappa shape index (κ2) is 5.28. The fourth-order valence-electron chi connectivity index (χ4n) is 1.49. The molecule has 1 aliphatic carbocycles. The van der Waals surface area contributed by atoms with Gasteiger partial charge in [0.05, 0.1) is 0 Å². The van der Waals surface area contributed by atoms with E-state index in [2.05, 4.69) is 30.8 Å². The highest BCUT2D eigenvalue weighted by Crippen LogP contribution is 2.26. The van der Waals surface area contributed by atoms with Crippen molar-refractivity contribution in [3.05, 3.63) is 12.2 Å². The molecule has 4 heteroatoms. The molecule has 0 spiro atoms. The third kappa shape index (κ3) is 4.01. The zero-order valence-electron chi connectivity index (χ0n) is 9.49. The lowest BCUT2D eigenvalue weighted by Crippen LogP contribution is -2.39. The summed E-state index contributed by atoms with van der Waals surface area (Å²) in [6, 6.07) is 1.18. The quantitative estimate of drug-likeness (QED) is 0.610. The van der Waals surface area contributed by atoms with E-state index >= 15 is 0 Å². The molecular weight excluding hydrogens is 192 g/mol. The van der Waals surface area contributed by atoms with Crippen LogP contribution in [0.15, 0.2) is 12.2 Å². The van der Waals surface area contributed by atoms with Crippen LogP contribution < -0.4 is 5.32 Å². The summed E-state index contributed by atoms with van der Waals surface area (Å²) in [7, 11) is 2.12. The molecule has 0 amide bonds. The molecule has 4 nitrogen and oxygen atoms in total. The molecule has 0 aromatic carbocycles. The predicted octanol–water partition coefficient (Wildman–Crippen LogP) is 0.699. The molecule has 0 aromatic heterocycles. The van der Waals surface area contributed by atoms with Crippen LogP contribution in [0.1, 0.15) is 19.8 Å². The molecule has 1 fully saturated rings. The van der Waals surface area contributed by atoms with Crippen molar-refractivity contribution in [3.8, 4) is 0 Å². The fraction of sp³-hybridized carbons (Fsp3) is 0.727. The van der Waals surface area contributed by atoms with Gasteiger partial charge in [0.25, 0.3) is 0 Å². The lowest BCUT2D eigenvalue weighted by Gasteiger charge is -2.24. The summed E-state index contributed by atoms with van der Waals surface area (Å²) >= 11 is 0. The Bertz CT molecular complexity index is 249. The van der Waals surface area contributed by atoms with Crippen molar-refractivity contribution in [2.24, 2.45) is 0 Å². The Kier molecular flexibility index (Phi) is 4.29. The Balaban J connectivity index is 2.13. The number of nitrogens with zero attached hydrogens (tertiary/aromatic N) is 1. The highest BCUT2D eigenvalue weighted by Gasteiger charge is 2.28. The highest BCUT2D eigenvalue weighted by atomic mass is 16.4. The molecule has 1 saturated carbocycles. The van der Waals surface area contributed by atoms with Crippen molar-refractivity contribution in [2.45, 2.75) is 31.8 Å². The number of carboxylic acids is 1. The largest absolute Gasteiger partial charge is 0.478 e. The first-order valence-electron chi connectivity index (χ1n) is 5.36. The minimum absolute atomic E-state index is 0.219. The average Bonchev–Trinajstić information content (AvgIpc) is 2.99. The SMILES string of the molecule is C=C(CNCC(C)N(C)C1CC1)C(=O)O. The first-order valence-corrected chi connectivity index (χ1v) is 5.36. The zero-order chi connectivity index (χ0) is 11.4. The van der Waals surface area contributed by atoms with Crippen molar-refractivity contribution in [3.63, 3.8) is 0 Å². The maximum absolute atomic E-state index is 10.5. The van der Waals surface area contributed by atoms with Crippen LogP contribution >= 0.6 is 0 Å². The molecule has 0 saturated heterocycles. The van der Waals surface area contributed by atoms with Crippen LogP contribution in [0, 0.1) is 0 Å². The molecule has 2 N–H and O–H groups in total. The Morgan fingerprint density at radius 3 is 2.73 bits per heavy atom. The Morgan fingerprint density at radius 2 is 2.27 bits per heavy atom. The van der Waals surface area contributed by atoms with Gasteiger partial charge in [0, 0.05) is 30.7 Å². The van der Waals surface area contributed by atoms with Crippen molar-refractivity contribution < 1.29 is 9.90 Å². The number of aliphatic carboxylic acids is 1. The summed E-state index contributed by atoms with van der Waals surface area (Å²) in [5.41, 5.74) is 0.219. The molecule has 15 heavy (non-hydrogen) atoms. The van der Waals surface area contributed by atoms with E-state index in [1.165, 1.54) is 12.8 Å². The number of nitrogens with one attached hydrogen (secondary N) is 1. The van der Waals surface area contributed by atoms with E-state index in [1.54, 1.807) is 0 Å². The summed E-state index contributed by atoms with van der Waals surface area (Å²) in [6.45, 7) is 6.78. The van der Waals surface area contributed by atoms with Gasteiger partial charge in [-0.2, -0.15) is 0 Å². The van der Waals surface area contributed by atoms with Gasteiger partial charge in [0.1, 0.15) is 0 Å². The van der Waals surface area contributed by atoms with E-state index in [0.29, 0.717) is 12.6 Å². The molecule has 1 unspecified atom stereocenters. The second-order valence-corrected chi connectivity index (χ2v) is 4.29. The van der Waals surface area contributed by atoms with E-state index in [4.69, 9.17) is 5.11 Å². The van der Waals surface area contributed by atoms with E-state index in [1.807, 2.05) is 0 Å². The second-order valence-electron chi connectivity index (χ2n) is 4.29. The van der Waals surface area contributed by atoms with E-state index in [0.717, 1.165) is 12.6 Å². The molecule has 0 aromatic rings. The number of hydrogen-bond acceptors (Lipinski definition) is 3. The molecule has 86 valence electrons. The summed E-state index contributed by atoms with van der Waals surface area (Å²) < 4.78 is 0. The lowest BCUT2D eigenvalue weighted by molar-refractivity contribution is -0.132. The minimum Gasteiger partial charge on any atom is -0.478 e. The monoisotopic (exact) mass is 212 g/mol. The molecule has 0 radical (unpaired) electrons. The van der Waals surface area contributed by atoms with Crippen molar-refractivity contribution in [2.75, 3.05) is 20.1 Å². The van der Waals surface area contributed by atoms with Crippen LogP contribution in [0.25, 0.3) is 0 Å². The van der Waals surface area contributed by atoms with Gasteiger partial charge in [0.2, 0.25) is 0 Å². The van der Waals surface area contributed by atoms with Gasteiger partial charge in [-0.25, -0.2) is 4.79 Å². The Morgan fingerprint density at radius 1 is 1.67 bits per heavy atom. The number of likely N-dealkylation sites (N-methyl/N-ethyl adjacent to an activating group) is 1. The van der Waals surface area contributed by atoms with Crippen LogP contribution in [0.3, 0.4) is 0 Å². The summed E-state index contributed by atoms with van der Waals surface area (Å²) in [6.07, 6.45) is 2.59. The number of carbonyl (C=O) groups is 1. The predicted molar refractivity (Wildman–Crippen MR) is 59.9 cm³/mol. The molecule has 1 atom stereocenters. The van der Waals surface area contributed by atoms with Crippen LogP contribution in [0.2, 0.25) is 0 Å². The third-order valence-corrected chi connectivity index (χ3v) is 2.90. The smallest absolute Gasteiger partial charge is 0.332 e. The molecule has 0 aliphatic heterocycles. The summed E-state index contributed by atoms with van der Waals surface area (Å²) in [5.74, 6) is -0.925. The van der Waals surface area contributed by atoms with E-state index in [-0.39, 0.29) is 5.57 Å². The molecular formula is C11H20N2O2. The van der Waals surface area contributed by atoms with Gasteiger partial charge in [-0.3, -0.25) is 4.90 Å². The number of rotatable bonds is 7. The van der Waals surface area contributed by atoms with Crippen molar-refractivity contribution in [1.29, 1.82) is 0 Å². The number of hydrogen-bond donors (Lipinski definition) is 2. The Labute approximate surface area is 91.0 Å². The molecule has 1 aliphatic rings. The third-order valence-electron chi connectivity index (χ3n) is 2.90. The van der Waals surface area contributed by atoms with Gasteiger partial charge in [0.15, 0.2) is 0 Å². The van der Waals surface area contributed by atoms with Crippen LogP contribution in [0.4, 0.5) is 0 Å². The highest BCUT2D eigenvalue weighted by molar-refractivity contribution is 5.86. The Hall–Kier alpha value is -0.870. The lowest BCUT2D eigenvalue weighted by atomic mass is 10.2.